The number of rotatable bonds is 6. The molecule has 0 spiro atoms. The highest BCUT2D eigenvalue weighted by molar-refractivity contribution is 6.05. The molecule has 0 bridgehead atoms. The lowest BCUT2D eigenvalue weighted by Gasteiger charge is -2.36. The molecule has 5 nitrogen and oxygen atoms in total. The molecule has 4 aromatic rings. The number of hydrogen-bond acceptors (Lipinski definition) is 4. The van der Waals surface area contributed by atoms with Crippen molar-refractivity contribution in [2.75, 3.05) is 36.4 Å². The van der Waals surface area contributed by atoms with Crippen LogP contribution in [-0.2, 0) is 6.54 Å². The van der Waals surface area contributed by atoms with Crippen LogP contribution in [-0.4, -0.2) is 37.0 Å². The van der Waals surface area contributed by atoms with E-state index in [9.17, 15) is 4.79 Å². The van der Waals surface area contributed by atoms with Gasteiger partial charge in [0.1, 0.15) is 0 Å². The summed E-state index contributed by atoms with van der Waals surface area (Å²) >= 11 is 0. The summed E-state index contributed by atoms with van der Waals surface area (Å²) in [6.07, 6.45) is 0. The maximum absolute atomic E-state index is 13.0. The normalized spacial score (nSPS) is 13.7. The SMILES string of the molecule is Cc1ccc(C(=O)Nc2ccc(N3CCN(Cc4ccccc4)CC3)cc2)cc1-c1ccc(C#N)cc1. The smallest absolute Gasteiger partial charge is 0.255 e. The molecule has 1 heterocycles. The average Bonchev–Trinajstić information content (AvgIpc) is 2.95. The Morgan fingerprint density at radius 3 is 2.24 bits per heavy atom. The first kappa shape index (κ1) is 24.3. The maximum Gasteiger partial charge on any atom is 0.255 e. The first-order chi connectivity index (χ1) is 18.1. The third kappa shape index (κ3) is 5.88. The summed E-state index contributed by atoms with van der Waals surface area (Å²) in [4.78, 5) is 17.9. The third-order valence-corrected chi connectivity index (χ3v) is 6.94. The molecule has 1 saturated heterocycles. The minimum absolute atomic E-state index is 0.142. The van der Waals surface area contributed by atoms with Gasteiger partial charge in [0.05, 0.1) is 11.6 Å². The number of carbonyl (C=O) groups excluding carboxylic acids is 1. The summed E-state index contributed by atoms with van der Waals surface area (Å²) < 4.78 is 0. The van der Waals surface area contributed by atoms with Gasteiger partial charge < -0.3 is 10.2 Å². The van der Waals surface area contributed by atoms with E-state index < -0.39 is 0 Å². The van der Waals surface area contributed by atoms with Gasteiger partial charge in [-0.1, -0.05) is 48.5 Å². The summed E-state index contributed by atoms with van der Waals surface area (Å²) in [5.74, 6) is -0.142. The van der Waals surface area contributed by atoms with E-state index in [4.69, 9.17) is 5.26 Å². The van der Waals surface area contributed by atoms with Gasteiger partial charge in [-0.15, -0.1) is 0 Å². The van der Waals surface area contributed by atoms with Gasteiger partial charge in [0.2, 0.25) is 0 Å². The lowest BCUT2D eigenvalue weighted by atomic mass is 9.97. The Morgan fingerprint density at radius 2 is 1.57 bits per heavy atom. The molecule has 5 rings (SSSR count). The molecule has 0 aliphatic carbocycles. The second kappa shape index (κ2) is 11.1. The molecule has 1 aliphatic heterocycles. The van der Waals surface area contributed by atoms with Crippen LogP contribution in [0.3, 0.4) is 0 Å². The van der Waals surface area contributed by atoms with Crippen molar-refractivity contribution < 1.29 is 4.79 Å². The van der Waals surface area contributed by atoms with Gasteiger partial charge in [0, 0.05) is 49.7 Å². The predicted octanol–water partition coefficient (Wildman–Crippen LogP) is 6.11. The molecule has 0 aromatic heterocycles. The van der Waals surface area contributed by atoms with E-state index in [2.05, 4.69) is 63.7 Å². The monoisotopic (exact) mass is 486 g/mol. The molecule has 0 atom stereocenters. The van der Waals surface area contributed by atoms with E-state index >= 15 is 0 Å². The zero-order chi connectivity index (χ0) is 25.6. The van der Waals surface area contributed by atoms with Crippen LogP contribution in [0.2, 0.25) is 0 Å². The van der Waals surface area contributed by atoms with Crippen LogP contribution < -0.4 is 10.2 Å². The van der Waals surface area contributed by atoms with Crippen LogP contribution in [0.1, 0.15) is 27.0 Å². The van der Waals surface area contributed by atoms with Crippen molar-refractivity contribution in [3.8, 4) is 17.2 Å². The number of aryl methyl sites for hydroxylation is 1. The summed E-state index contributed by atoms with van der Waals surface area (Å²) in [7, 11) is 0. The Labute approximate surface area is 218 Å². The highest BCUT2D eigenvalue weighted by Crippen LogP contribution is 2.26. The molecule has 0 saturated carbocycles. The van der Waals surface area contributed by atoms with Crippen LogP contribution in [0.5, 0.6) is 0 Å². The molecular weight excluding hydrogens is 456 g/mol. The summed E-state index contributed by atoms with van der Waals surface area (Å²) in [6, 6.07) is 34.0. The van der Waals surface area contributed by atoms with E-state index in [0.717, 1.165) is 55.1 Å². The molecule has 4 aromatic carbocycles. The Morgan fingerprint density at radius 1 is 0.865 bits per heavy atom. The van der Waals surface area contributed by atoms with Gasteiger partial charge in [0.15, 0.2) is 0 Å². The predicted molar refractivity (Wildman–Crippen MR) is 150 cm³/mol. The fourth-order valence-electron chi connectivity index (χ4n) is 4.76. The Kier molecular flexibility index (Phi) is 7.30. The van der Waals surface area contributed by atoms with E-state index in [1.165, 1.54) is 11.3 Å². The summed E-state index contributed by atoms with van der Waals surface area (Å²) in [5, 5.41) is 12.1. The van der Waals surface area contributed by atoms with E-state index in [0.29, 0.717) is 11.1 Å². The van der Waals surface area contributed by atoms with E-state index in [-0.39, 0.29) is 5.91 Å². The number of carbonyl (C=O) groups is 1. The number of benzene rings is 4. The largest absolute Gasteiger partial charge is 0.369 e. The first-order valence-electron chi connectivity index (χ1n) is 12.6. The molecule has 1 fully saturated rings. The molecule has 0 unspecified atom stereocenters. The molecule has 1 aliphatic rings. The van der Waals surface area contributed by atoms with E-state index in [1.54, 1.807) is 12.1 Å². The van der Waals surface area contributed by atoms with Crippen molar-refractivity contribution in [2.24, 2.45) is 0 Å². The lowest BCUT2D eigenvalue weighted by Crippen LogP contribution is -2.45. The van der Waals surface area contributed by atoms with E-state index in [1.807, 2.05) is 49.4 Å². The first-order valence-corrected chi connectivity index (χ1v) is 12.6. The second-order valence-electron chi connectivity index (χ2n) is 9.47. The number of nitrogens with one attached hydrogen (secondary N) is 1. The highest BCUT2D eigenvalue weighted by atomic mass is 16.1. The van der Waals surface area contributed by atoms with Crippen LogP contribution in [0.25, 0.3) is 11.1 Å². The minimum atomic E-state index is -0.142. The zero-order valence-electron chi connectivity index (χ0n) is 21.0. The van der Waals surface area contributed by atoms with Gasteiger partial charge in [0.25, 0.3) is 5.91 Å². The Bertz CT molecular complexity index is 1400. The number of hydrogen-bond donors (Lipinski definition) is 1. The minimum Gasteiger partial charge on any atom is -0.369 e. The number of nitriles is 1. The van der Waals surface area contributed by atoms with Gasteiger partial charge in [-0.2, -0.15) is 5.26 Å². The maximum atomic E-state index is 13.0. The molecule has 0 radical (unpaired) electrons. The van der Waals surface area contributed by atoms with Crippen LogP contribution >= 0.6 is 0 Å². The summed E-state index contributed by atoms with van der Waals surface area (Å²) in [6.45, 7) is 7.05. The summed E-state index contributed by atoms with van der Waals surface area (Å²) in [5.41, 5.74) is 7.57. The van der Waals surface area contributed by atoms with Crippen LogP contribution in [0, 0.1) is 18.3 Å². The number of anilines is 2. The van der Waals surface area contributed by atoms with Crippen molar-refractivity contribution in [3.05, 3.63) is 119 Å². The zero-order valence-corrected chi connectivity index (χ0v) is 21.0. The molecule has 37 heavy (non-hydrogen) atoms. The lowest BCUT2D eigenvalue weighted by molar-refractivity contribution is 0.102. The van der Waals surface area contributed by atoms with Gasteiger partial charge >= 0.3 is 0 Å². The Hall–Kier alpha value is -4.40. The molecular formula is C32H30N4O. The Balaban J connectivity index is 1.20. The van der Waals surface area contributed by atoms with Crippen molar-refractivity contribution in [1.82, 2.24) is 4.90 Å². The van der Waals surface area contributed by atoms with Crippen molar-refractivity contribution in [1.29, 1.82) is 5.26 Å². The fraction of sp³-hybridized carbons (Fsp3) is 0.188. The topological polar surface area (TPSA) is 59.4 Å². The van der Waals surface area contributed by atoms with Gasteiger partial charge in [-0.05, 0) is 77.7 Å². The molecule has 1 N–H and O–H groups in total. The van der Waals surface area contributed by atoms with Crippen molar-refractivity contribution in [3.63, 3.8) is 0 Å². The molecule has 5 heteroatoms. The molecule has 1 amide bonds. The van der Waals surface area contributed by atoms with Gasteiger partial charge in [-0.25, -0.2) is 0 Å². The third-order valence-electron chi connectivity index (χ3n) is 6.94. The quantitative estimate of drug-likeness (QED) is 0.357. The number of nitrogens with zero attached hydrogens (tertiary/aromatic N) is 3. The standard InChI is InChI=1S/C32H30N4O/c1-24-7-10-28(21-31(24)27-11-8-25(22-33)9-12-27)32(37)34-29-13-15-30(16-14-29)36-19-17-35(18-20-36)23-26-5-3-2-4-6-26/h2-16,21H,17-20,23H2,1H3,(H,34,37). The van der Waals surface area contributed by atoms with Crippen molar-refractivity contribution >= 4 is 17.3 Å². The molecule has 184 valence electrons. The fourth-order valence-corrected chi connectivity index (χ4v) is 4.76. The number of piperazine rings is 1. The van der Waals surface area contributed by atoms with Gasteiger partial charge in [-0.3, -0.25) is 9.69 Å². The highest BCUT2D eigenvalue weighted by Gasteiger charge is 2.17. The van der Waals surface area contributed by atoms with Crippen molar-refractivity contribution in [2.45, 2.75) is 13.5 Å². The second-order valence-corrected chi connectivity index (χ2v) is 9.47. The van der Waals surface area contributed by atoms with Crippen LogP contribution in [0.4, 0.5) is 11.4 Å². The van der Waals surface area contributed by atoms with Crippen LogP contribution in [0.15, 0.2) is 97.1 Å². The number of amides is 1. The average molecular weight is 487 g/mol.